The third kappa shape index (κ3) is 3.23. The van der Waals surface area contributed by atoms with E-state index in [1.807, 2.05) is 18.2 Å². The number of aromatic nitrogens is 1. The van der Waals surface area contributed by atoms with Crippen LogP contribution in [0, 0.1) is 6.92 Å². The standard InChI is InChI=1S/C15H18N2O/c1-12-9-17(10-14-6-4-3-5-7-14)11-15(12)8-16-13(2)18/h3-7,9,11H,8,10H2,1-2H3,(H,16,18). The number of aryl methyl sites for hydroxylation is 1. The predicted octanol–water partition coefficient (Wildman–Crippen LogP) is 2.48. The Bertz CT molecular complexity index is 529. The summed E-state index contributed by atoms with van der Waals surface area (Å²) in [5.41, 5.74) is 3.65. The topological polar surface area (TPSA) is 34.0 Å². The molecule has 0 bridgehead atoms. The van der Waals surface area contributed by atoms with Gasteiger partial charge in [-0.05, 0) is 23.6 Å². The first-order chi connectivity index (χ1) is 8.65. The third-order valence-corrected chi connectivity index (χ3v) is 2.92. The maximum Gasteiger partial charge on any atom is 0.217 e. The van der Waals surface area contributed by atoms with E-state index in [0.29, 0.717) is 6.54 Å². The first-order valence-electron chi connectivity index (χ1n) is 6.09. The SMILES string of the molecule is CC(=O)NCc1cn(Cc2ccccc2)cc1C. The number of hydrogen-bond acceptors (Lipinski definition) is 1. The second-order valence-corrected chi connectivity index (χ2v) is 4.53. The van der Waals surface area contributed by atoms with Gasteiger partial charge in [-0.2, -0.15) is 0 Å². The average Bonchev–Trinajstić information content (AvgIpc) is 2.68. The van der Waals surface area contributed by atoms with Crippen molar-refractivity contribution in [2.24, 2.45) is 0 Å². The fraction of sp³-hybridized carbons (Fsp3) is 0.267. The molecule has 0 spiro atoms. The zero-order chi connectivity index (χ0) is 13.0. The van der Waals surface area contributed by atoms with Gasteiger partial charge >= 0.3 is 0 Å². The van der Waals surface area contributed by atoms with E-state index in [0.717, 1.165) is 6.54 Å². The van der Waals surface area contributed by atoms with Crippen LogP contribution in [0.3, 0.4) is 0 Å². The highest BCUT2D eigenvalue weighted by Crippen LogP contribution is 2.11. The quantitative estimate of drug-likeness (QED) is 0.878. The molecule has 1 heterocycles. The van der Waals surface area contributed by atoms with Crippen molar-refractivity contribution in [3.05, 3.63) is 59.4 Å². The Morgan fingerprint density at radius 3 is 2.61 bits per heavy atom. The zero-order valence-electron chi connectivity index (χ0n) is 10.8. The van der Waals surface area contributed by atoms with E-state index in [2.05, 4.69) is 41.3 Å². The van der Waals surface area contributed by atoms with Crippen LogP contribution in [-0.4, -0.2) is 10.5 Å². The molecular weight excluding hydrogens is 224 g/mol. The summed E-state index contributed by atoms with van der Waals surface area (Å²) in [6.45, 7) is 5.07. The molecule has 1 aromatic carbocycles. The van der Waals surface area contributed by atoms with Crippen molar-refractivity contribution in [1.82, 2.24) is 9.88 Å². The monoisotopic (exact) mass is 242 g/mol. The molecule has 0 saturated carbocycles. The molecule has 0 aliphatic rings. The largest absolute Gasteiger partial charge is 0.352 e. The van der Waals surface area contributed by atoms with Crippen molar-refractivity contribution in [2.45, 2.75) is 26.9 Å². The molecule has 18 heavy (non-hydrogen) atoms. The molecule has 2 aromatic rings. The van der Waals surface area contributed by atoms with Gasteiger partial charge in [-0.1, -0.05) is 30.3 Å². The summed E-state index contributed by atoms with van der Waals surface area (Å²) < 4.78 is 2.15. The molecule has 0 aliphatic carbocycles. The summed E-state index contributed by atoms with van der Waals surface area (Å²) in [5, 5.41) is 2.83. The highest BCUT2D eigenvalue weighted by molar-refractivity contribution is 5.72. The van der Waals surface area contributed by atoms with Gasteiger partial charge in [-0.3, -0.25) is 4.79 Å². The molecule has 94 valence electrons. The molecule has 0 radical (unpaired) electrons. The van der Waals surface area contributed by atoms with Crippen LogP contribution in [-0.2, 0) is 17.9 Å². The lowest BCUT2D eigenvalue weighted by Crippen LogP contribution is -2.18. The molecule has 1 amide bonds. The highest BCUT2D eigenvalue weighted by Gasteiger charge is 2.04. The number of amides is 1. The van der Waals surface area contributed by atoms with E-state index < -0.39 is 0 Å². The van der Waals surface area contributed by atoms with Gasteiger partial charge in [0.2, 0.25) is 5.91 Å². The van der Waals surface area contributed by atoms with Gasteiger partial charge in [-0.15, -0.1) is 0 Å². The van der Waals surface area contributed by atoms with Gasteiger partial charge in [0.25, 0.3) is 0 Å². The first kappa shape index (κ1) is 12.4. The van der Waals surface area contributed by atoms with E-state index in [-0.39, 0.29) is 5.91 Å². The summed E-state index contributed by atoms with van der Waals surface area (Å²) in [4.78, 5) is 10.9. The number of benzene rings is 1. The zero-order valence-corrected chi connectivity index (χ0v) is 10.8. The van der Waals surface area contributed by atoms with Gasteiger partial charge in [0.1, 0.15) is 0 Å². The van der Waals surface area contributed by atoms with Crippen LogP contribution in [0.5, 0.6) is 0 Å². The van der Waals surface area contributed by atoms with Crippen molar-refractivity contribution in [2.75, 3.05) is 0 Å². The molecule has 3 heteroatoms. The van der Waals surface area contributed by atoms with E-state index in [1.54, 1.807) is 0 Å². The van der Waals surface area contributed by atoms with Crippen molar-refractivity contribution >= 4 is 5.91 Å². The number of nitrogens with zero attached hydrogens (tertiary/aromatic N) is 1. The lowest BCUT2D eigenvalue weighted by Gasteiger charge is -2.02. The maximum atomic E-state index is 10.9. The number of nitrogens with one attached hydrogen (secondary N) is 1. The minimum Gasteiger partial charge on any atom is -0.352 e. The minimum atomic E-state index is 0.00482. The molecule has 1 aromatic heterocycles. The van der Waals surface area contributed by atoms with Gasteiger partial charge in [0, 0.05) is 32.4 Å². The van der Waals surface area contributed by atoms with Gasteiger partial charge in [0.05, 0.1) is 0 Å². The number of carbonyl (C=O) groups is 1. The predicted molar refractivity (Wildman–Crippen MR) is 72.2 cm³/mol. The van der Waals surface area contributed by atoms with E-state index >= 15 is 0 Å². The van der Waals surface area contributed by atoms with Crippen molar-refractivity contribution in [1.29, 1.82) is 0 Å². The Balaban J connectivity index is 2.06. The summed E-state index contributed by atoms with van der Waals surface area (Å²) in [6, 6.07) is 10.3. The van der Waals surface area contributed by atoms with Crippen LogP contribution in [0.2, 0.25) is 0 Å². The Hall–Kier alpha value is -2.03. The number of hydrogen-bond donors (Lipinski definition) is 1. The van der Waals surface area contributed by atoms with Crippen LogP contribution in [0.1, 0.15) is 23.6 Å². The van der Waals surface area contributed by atoms with Crippen LogP contribution in [0.15, 0.2) is 42.7 Å². The fourth-order valence-corrected chi connectivity index (χ4v) is 1.96. The van der Waals surface area contributed by atoms with Gasteiger partial charge < -0.3 is 9.88 Å². The summed E-state index contributed by atoms with van der Waals surface area (Å²) in [7, 11) is 0. The van der Waals surface area contributed by atoms with E-state index in [9.17, 15) is 4.79 Å². The molecule has 3 nitrogen and oxygen atoms in total. The number of carbonyl (C=O) groups excluding carboxylic acids is 1. The molecule has 0 atom stereocenters. The second-order valence-electron chi connectivity index (χ2n) is 4.53. The second kappa shape index (κ2) is 5.54. The highest BCUT2D eigenvalue weighted by atomic mass is 16.1. The minimum absolute atomic E-state index is 0.00482. The fourth-order valence-electron chi connectivity index (χ4n) is 1.96. The average molecular weight is 242 g/mol. The molecule has 2 rings (SSSR count). The molecule has 0 fully saturated rings. The van der Waals surface area contributed by atoms with Crippen molar-refractivity contribution in [3.63, 3.8) is 0 Å². The summed E-state index contributed by atoms with van der Waals surface area (Å²) in [6.07, 6.45) is 4.21. The summed E-state index contributed by atoms with van der Waals surface area (Å²) >= 11 is 0. The molecular formula is C15H18N2O. The normalized spacial score (nSPS) is 10.3. The molecule has 0 aliphatic heterocycles. The van der Waals surface area contributed by atoms with Crippen molar-refractivity contribution in [3.8, 4) is 0 Å². The van der Waals surface area contributed by atoms with E-state index in [4.69, 9.17) is 0 Å². The molecule has 0 saturated heterocycles. The maximum absolute atomic E-state index is 10.9. The van der Waals surface area contributed by atoms with Gasteiger partial charge in [-0.25, -0.2) is 0 Å². The Kier molecular flexibility index (Phi) is 3.82. The summed E-state index contributed by atoms with van der Waals surface area (Å²) in [5.74, 6) is 0.00482. The molecule has 1 N–H and O–H groups in total. The van der Waals surface area contributed by atoms with E-state index in [1.165, 1.54) is 23.6 Å². The van der Waals surface area contributed by atoms with Crippen molar-refractivity contribution < 1.29 is 4.79 Å². The van der Waals surface area contributed by atoms with Crippen LogP contribution in [0.4, 0.5) is 0 Å². The first-order valence-corrected chi connectivity index (χ1v) is 6.09. The van der Waals surface area contributed by atoms with Gasteiger partial charge in [0.15, 0.2) is 0 Å². The van der Waals surface area contributed by atoms with Crippen LogP contribution < -0.4 is 5.32 Å². The Labute approximate surface area is 107 Å². The Morgan fingerprint density at radius 2 is 1.94 bits per heavy atom. The lowest BCUT2D eigenvalue weighted by atomic mass is 10.2. The van der Waals surface area contributed by atoms with Crippen LogP contribution in [0.25, 0.3) is 0 Å². The smallest absolute Gasteiger partial charge is 0.217 e. The molecule has 0 unspecified atom stereocenters. The van der Waals surface area contributed by atoms with Crippen LogP contribution >= 0.6 is 0 Å². The number of rotatable bonds is 4. The third-order valence-electron chi connectivity index (χ3n) is 2.92. The Morgan fingerprint density at radius 1 is 1.22 bits per heavy atom. The lowest BCUT2D eigenvalue weighted by molar-refractivity contribution is -0.119.